The molecule has 1 aliphatic carbocycles. The highest BCUT2D eigenvalue weighted by Gasteiger charge is 2.38. The normalized spacial score (nSPS) is 26.6. The van der Waals surface area contributed by atoms with Gasteiger partial charge in [-0.3, -0.25) is 0 Å². The zero-order valence-electron chi connectivity index (χ0n) is 12.1. The Morgan fingerprint density at radius 2 is 2.26 bits per heavy atom. The van der Waals surface area contributed by atoms with Crippen LogP contribution in [0.4, 0.5) is 4.39 Å². The van der Waals surface area contributed by atoms with Crippen LogP contribution in [0.5, 0.6) is 5.75 Å². The Labute approximate surface area is 115 Å². The molecule has 2 rings (SSSR count). The van der Waals surface area contributed by atoms with Gasteiger partial charge in [-0.15, -0.1) is 0 Å². The van der Waals surface area contributed by atoms with E-state index in [0.29, 0.717) is 6.04 Å². The summed E-state index contributed by atoms with van der Waals surface area (Å²) in [4.78, 5) is 0. The molecule has 19 heavy (non-hydrogen) atoms. The quantitative estimate of drug-likeness (QED) is 0.877. The summed E-state index contributed by atoms with van der Waals surface area (Å²) in [7, 11) is 1.65. The molecule has 0 aliphatic heterocycles. The van der Waals surface area contributed by atoms with Crippen LogP contribution in [0.1, 0.15) is 45.1 Å². The van der Waals surface area contributed by atoms with Crippen molar-refractivity contribution in [1.82, 2.24) is 5.32 Å². The fourth-order valence-corrected chi connectivity index (χ4v) is 3.16. The van der Waals surface area contributed by atoms with Crippen LogP contribution in [0.3, 0.4) is 0 Å². The molecule has 2 nitrogen and oxygen atoms in total. The van der Waals surface area contributed by atoms with E-state index >= 15 is 0 Å². The van der Waals surface area contributed by atoms with Gasteiger partial charge in [0.1, 0.15) is 11.6 Å². The Bertz CT molecular complexity index is 435. The third-order valence-electron chi connectivity index (χ3n) is 4.24. The van der Waals surface area contributed by atoms with Gasteiger partial charge < -0.3 is 10.1 Å². The van der Waals surface area contributed by atoms with E-state index in [1.54, 1.807) is 19.2 Å². The highest BCUT2D eigenvalue weighted by Crippen LogP contribution is 2.44. The van der Waals surface area contributed by atoms with Crippen LogP contribution >= 0.6 is 0 Å². The van der Waals surface area contributed by atoms with Gasteiger partial charge in [0.25, 0.3) is 0 Å². The molecule has 0 amide bonds. The van der Waals surface area contributed by atoms with Crippen LogP contribution in [0.2, 0.25) is 0 Å². The second-order valence-corrected chi connectivity index (χ2v) is 5.80. The Balaban J connectivity index is 2.19. The van der Waals surface area contributed by atoms with Crippen molar-refractivity contribution in [3.63, 3.8) is 0 Å². The third kappa shape index (κ3) is 3.08. The predicted octanol–water partition coefficient (Wildman–Crippen LogP) is 3.64. The molecule has 2 atom stereocenters. The fraction of sp³-hybridized carbons (Fsp3) is 0.625. The Morgan fingerprint density at radius 1 is 1.47 bits per heavy atom. The standard InChI is InChI=1S/C16H24FNO/c1-4-9-18-13-7-8-16(2,11-13)14-10-12(17)5-6-15(14)19-3/h5-6,10,13,18H,4,7-9,11H2,1-3H3. The summed E-state index contributed by atoms with van der Waals surface area (Å²) in [5.74, 6) is 0.627. The van der Waals surface area contributed by atoms with Crippen LogP contribution in [0, 0.1) is 5.82 Å². The molecule has 1 aliphatic rings. The van der Waals surface area contributed by atoms with E-state index in [4.69, 9.17) is 4.74 Å². The Kier molecular flexibility index (Phi) is 4.46. The zero-order valence-corrected chi connectivity index (χ0v) is 12.1. The first-order chi connectivity index (χ1) is 9.09. The van der Waals surface area contributed by atoms with Crippen LogP contribution in [0.15, 0.2) is 18.2 Å². The van der Waals surface area contributed by atoms with Crippen LogP contribution in [-0.2, 0) is 5.41 Å². The summed E-state index contributed by atoms with van der Waals surface area (Å²) in [6.45, 7) is 5.45. The number of nitrogens with one attached hydrogen (secondary N) is 1. The molecular weight excluding hydrogens is 241 g/mol. The van der Waals surface area contributed by atoms with Gasteiger partial charge in [0.15, 0.2) is 0 Å². The second kappa shape index (κ2) is 5.91. The van der Waals surface area contributed by atoms with Crippen LogP contribution in [0.25, 0.3) is 0 Å². The second-order valence-electron chi connectivity index (χ2n) is 5.80. The number of hydrogen-bond donors (Lipinski definition) is 1. The molecule has 0 spiro atoms. The van der Waals surface area contributed by atoms with Gasteiger partial charge in [0, 0.05) is 11.6 Å². The van der Waals surface area contributed by atoms with Gasteiger partial charge in [0.2, 0.25) is 0 Å². The van der Waals surface area contributed by atoms with Crippen molar-refractivity contribution < 1.29 is 9.13 Å². The summed E-state index contributed by atoms with van der Waals surface area (Å²) in [6.07, 6.45) is 4.42. The van der Waals surface area contributed by atoms with Crippen LogP contribution < -0.4 is 10.1 Å². The topological polar surface area (TPSA) is 21.3 Å². The first-order valence-corrected chi connectivity index (χ1v) is 7.16. The lowest BCUT2D eigenvalue weighted by Gasteiger charge is -2.27. The van der Waals surface area contributed by atoms with E-state index in [2.05, 4.69) is 19.2 Å². The average molecular weight is 265 g/mol. The Hall–Kier alpha value is -1.09. The van der Waals surface area contributed by atoms with Gasteiger partial charge in [-0.25, -0.2) is 4.39 Å². The number of halogens is 1. The maximum Gasteiger partial charge on any atom is 0.123 e. The molecule has 0 radical (unpaired) electrons. The lowest BCUT2D eigenvalue weighted by atomic mass is 9.80. The maximum atomic E-state index is 13.5. The number of benzene rings is 1. The number of rotatable bonds is 5. The van der Waals surface area contributed by atoms with Gasteiger partial charge >= 0.3 is 0 Å². The van der Waals surface area contributed by atoms with Gasteiger partial charge in [-0.1, -0.05) is 13.8 Å². The molecule has 0 bridgehead atoms. The molecule has 1 fully saturated rings. The van der Waals surface area contributed by atoms with E-state index < -0.39 is 0 Å². The van der Waals surface area contributed by atoms with E-state index in [1.165, 1.54) is 6.07 Å². The minimum absolute atomic E-state index is 0.0127. The summed E-state index contributed by atoms with van der Waals surface area (Å²) in [5, 5.41) is 3.57. The predicted molar refractivity (Wildman–Crippen MR) is 76.2 cm³/mol. The van der Waals surface area contributed by atoms with E-state index in [9.17, 15) is 4.39 Å². The van der Waals surface area contributed by atoms with Gasteiger partial charge in [-0.05, 0) is 55.8 Å². The SMILES string of the molecule is CCCNC1CCC(C)(c2cc(F)ccc2OC)C1. The van der Waals surface area contributed by atoms with Crippen molar-refractivity contribution in [2.45, 2.75) is 51.0 Å². The molecule has 1 aromatic carbocycles. The highest BCUT2D eigenvalue weighted by atomic mass is 19.1. The molecule has 0 heterocycles. The summed E-state index contributed by atoms with van der Waals surface area (Å²) in [6, 6.07) is 5.38. The van der Waals surface area contributed by atoms with Crippen molar-refractivity contribution in [3.8, 4) is 5.75 Å². The molecule has 1 aromatic rings. The zero-order chi connectivity index (χ0) is 13.9. The van der Waals surface area contributed by atoms with E-state index in [0.717, 1.165) is 43.5 Å². The molecule has 1 saturated carbocycles. The molecule has 1 N–H and O–H groups in total. The van der Waals surface area contributed by atoms with Crippen molar-refractivity contribution in [1.29, 1.82) is 0 Å². The van der Waals surface area contributed by atoms with E-state index in [1.807, 2.05) is 0 Å². The summed E-state index contributed by atoms with van der Waals surface area (Å²) >= 11 is 0. The maximum absolute atomic E-state index is 13.5. The lowest BCUT2D eigenvalue weighted by molar-refractivity contribution is 0.379. The molecular formula is C16H24FNO. The smallest absolute Gasteiger partial charge is 0.123 e. The first kappa shape index (κ1) is 14.3. The third-order valence-corrected chi connectivity index (χ3v) is 4.24. The highest BCUT2D eigenvalue weighted by molar-refractivity contribution is 5.40. The first-order valence-electron chi connectivity index (χ1n) is 7.16. The van der Waals surface area contributed by atoms with Crippen molar-refractivity contribution >= 4 is 0 Å². The number of hydrogen-bond acceptors (Lipinski definition) is 2. The molecule has 106 valence electrons. The van der Waals surface area contributed by atoms with Gasteiger partial charge in [0.05, 0.1) is 7.11 Å². The summed E-state index contributed by atoms with van der Waals surface area (Å²) < 4.78 is 18.9. The van der Waals surface area contributed by atoms with Crippen molar-refractivity contribution in [3.05, 3.63) is 29.6 Å². The van der Waals surface area contributed by atoms with Crippen LogP contribution in [-0.4, -0.2) is 19.7 Å². The number of methoxy groups -OCH3 is 1. The fourth-order valence-electron chi connectivity index (χ4n) is 3.16. The average Bonchev–Trinajstić information content (AvgIpc) is 2.79. The lowest BCUT2D eigenvalue weighted by Crippen LogP contribution is -2.29. The minimum atomic E-state index is -0.179. The van der Waals surface area contributed by atoms with E-state index in [-0.39, 0.29) is 11.2 Å². The largest absolute Gasteiger partial charge is 0.496 e. The summed E-state index contributed by atoms with van der Waals surface area (Å²) in [5.41, 5.74) is 1.02. The molecule has 0 aromatic heterocycles. The molecule has 3 heteroatoms. The van der Waals surface area contributed by atoms with Crippen molar-refractivity contribution in [2.75, 3.05) is 13.7 Å². The number of ether oxygens (including phenoxy) is 1. The molecule has 0 saturated heterocycles. The van der Waals surface area contributed by atoms with Gasteiger partial charge in [-0.2, -0.15) is 0 Å². The van der Waals surface area contributed by atoms with Crippen molar-refractivity contribution in [2.24, 2.45) is 0 Å². The molecule has 2 unspecified atom stereocenters. The minimum Gasteiger partial charge on any atom is -0.496 e. The Morgan fingerprint density at radius 3 is 2.95 bits per heavy atom. The monoisotopic (exact) mass is 265 g/mol.